The van der Waals surface area contributed by atoms with Gasteiger partial charge in [-0.1, -0.05) is 18.2 Å². The summed E-state index contributed by atoms with van der Waals surface area (Å²) in [6.45, 7) is 0. The minimum atomic E-state index is -0.583. The van der Waals surface area contributed by atoms with Crippen molar-refractivity contribution in [3.8, 4) is 0 Å². The van der Waals surface area contributed by atoms with Crippen molar-refractivity contribution in [1.82, 2.24) is 14.5 Å². The smallest absolute Gasteiger partial charge is 0.287 e. The molecule has 0 saturated carbocycles. The maximum atomic E-state index is 14.2. The third kappa shape index (κ3) is 3.07. The van der Waals surface area contributed by atoms with Gasteiger partial charge in [0.25, 0.3) is 5.69 Å². The molecule has 122 valence electrons. The van der Waals surface area contributed by atoms with E-state index < -0.39 is 11.0 Å². The van der Waals surface area contributed by atoms with E-state index in [0.29, 0.717) is 17.2 Å². The summed E-state index contributed by atoms with van der Waals surface area (Å²) in [6, 6.07) is 8.61. The Hall–Kier alpha value is -3.29. The third-order valence-electron chi connectivity index (χ3n) is 3.58. The van der Waals surface area contributed by atoms with E-state index in [4.69, 9.17) is 0 Å². The van der Waals surface area contributed by atoms with E-state index in [1.807, 2.05) is 0 Å². The minimum absolute atomic E-state index is 0.111. The fourth-order valence-electron chi connectivity index (χ4n) is 2.37. The lowest BCUT2D eigenvalue weighted by Gasteiger charge is -2.20. The lowest BCUT2D eigenvalue weighted by Crippen LogP contribution is -2.18. The number of pyridine rings is 1. The van der Waals surface area contributed by atoms with Crippen LogP contribution in [-0.4, -0.2) is 19.5 Å². The van der Waals surface area contributed by atoms with Gasteiger partial charge in [0, 0.05) is 31.1 Å². The normalized spacial score (nSPS) is 11.9. The molecule has 0 amide bonds. The van der Waals surface area contributed by atoms with Gasteiger partial charge < -0.3 is 9.88 Å². The van der Waals surface area contributed by atoms with Crippen LogP contribution in [0.15, 0.2) is 55.0 Å². The lowest BCUT2D eigenvalue weighted by molar-refractivity contribution is -0.385. The fraction of sp³-hybridized carbons (Fsp3) is 0.125. The van der Waals surface area contributed by atoms with Gasteiger partial charge in [-0.25, -0.2) is 14.4 Å². The molecule has 8 heteroatoms. The summed E-state index contributed by atoms with van der Waals surface area (Å²) in [7, 11) is 1.81. The fourth-order valence-corrected chi connectivity index (χ4v) is 2.37. The molecule has 3 aromatic rings. The van der Waals surface area contributed by atoms with Gasteiger partial charge in [-0.2, -0.15) is 0 Å². The number of imidazole rings is 1. The standard InChI is InChI=1S/C16H14FN5O2/c1-21-9-8-18-16(21)15(12-4-2-3-5-13(12)17)20-14-7-6-11(10-19-14)22(23)24/h2-10,15H,1H3,(H,19,20)/t15-/m1/s1. The Bertz CT molecular complexity index is 863. The first-order valence-corrected chi connectivity index (χ1v) is 7.15. The second kappa shape index (κ2) is 6.45. The summed E-state index contributed by atoms with van der Waals surface area (Å²) in [6.07, 6.45) is 4.53. The van der Waals surface area contributed by atoms with Crippen molar-refractivity contribution in [2.45, 2.75) is 6.04 Å². The van der Waals surface area contributed by atoms with E-state index >= 15 is 0 Å². The number of hydrogen-bond donors (Lipinski definition) is 1. The molecule has 1 atom stereocenters. The number of nitro groups is 1. The molecule has 0 aliphatic rings. The van der Waals surface area contributed by atoms with E-state index in [-0.39, 0.29) is 11.5 Å². The zero-order chi connectivity index (χ0) is 17.1. The molecule has 0 bridgehead atoms. The van der Waals surface area contributed by atoms with Gasteiger partial charge >= 0.3 is 0 Å². The molecule has 1 aromatic carbocycles. The van der Waals surface area contributed by atoms with Crippen LogP contribution in [0.25, 0.3) is 0 Å². The van der Waals surface area contributed by atoms with Crippen molar-refractivity contribution < 1.29 is 9.31 Å². The van der Waals surface area contributed by atoms with Gasteiger partial charge in [-0.05, 0) is 12.1 Å². The van der Waals surface area contributed by atoms with Gasteiger partial charge in [-0.3, -0.25) is 10.1 Å². The van der Waals surface area contributed by atoms with Crippen molar-refractivity contribution in [2.75, 3.05) is 5.32 Å². The molecule has 2 heterocycles. The molecular weight excluding hydrogens is 313 g/mol. The van der Waals surface area contributed by atoms with Crippen LogP contribution >= 0.6 is 0 Å². The van der Waals surface area contributed by atoms with Gasteiger partial charge in [-0.15, -0.1) is 0 Å². The van der Waals surface area contributed by atoms with E-state index in [1.165, 1.54) is 18.2 Å². The Morgan fingerprint density at radius 3 is 2.62 bits per heavy atom. The van der Waals surface area contributed by atoms with E-state index in [9.17, 15) is 14.5 Å². The Balaban J connectivity index is 1.98. The summed E-state index contributed by atoms with van der Waals surface area (Å²) < 4.78 is 16.0. The van der Waals surface area contributed by atoms with Gasteiger partial charge in [0.15, 0.2) is 0 Å². The third-order valence-corrected chi connectivity index (χ3v) is 3.58. The molecule has 24 heavy (non-hydrogen) atoms. The Kier molecular flexibility index (Phi) is 4.19. The number of aromatic nitrogens is 3. The first kappa shape index (κ1) is 15.6. The Morgan fingerprint density at radius 1 is 1.25 bits per heavy atom. The Labute approximate surface area is 137 Å². The van der Waals surface area contributed by atoms with Gasteiger partial charge in [0.1, 0.15) is 29.7 Å². The van der Waals surface area contributed by atoms with Crippen LogP contribution in [0.4, 0.5) is 15.9 Å². The molecule has 0 aliphatic carbocycles. The largest absolute Gasteiger partial charge is 0.356 e. The predicted molar refractivity (Wildman–Crippen MR) is 86.0 cm³/mol. The molecule has 0 unspecified atom stereocenters. The highest BCUT2D eigenvalue weighted by Crippen LogP contribution is 2.27. The Morgan fingerprint density at radius 2 is 2.04 bits per heavy atom. The van der Waals surface area contributed by atoms with E-state index in [2.05, 4.69) is 15.3 Å². The summed E-state index contributed by atoms with van der Waals surface area (Å²) in [4.78, 5) is 18.5. The number of benzene rings is 1. The molecule has 1 N–H and O–H groups in total. The second-order valence-electron chi connectivity index (χ2n) is 5.15. The quantitative estimate of drug-likeness (QED) is 0.575. The molecule has 3 rings (SSSR count). The topological polar surface area (TPSA) is 85.9 Å². The van der Waals surface area contributed by atoms with Crippen LogP contribution in [-0.2, 0) is 7.05 Å². The van der Waals surface area contributed by atoms with Crippen molar-refractivity contribution in [2.24, 2.45) is 7.05 Å². The molecule has 0 spiro atoms. The number of rotatable bonds is 5. The molecule has 0 saturated heterocycles. The maximum absolute atomic E-state index is 14.2. The zero-order valence-corrected chi connectivity index (χ0v) is 12.8. The van der Waals surface area contributed by atoms with Crippen LogP contribution in [0.1, 0.15) is 17.4 Å². The van der Waals surface area contributed by atoms with E-state index in [1.54, 1.807) is 42.2 Å². The minimum Gasteiger partial charge on any atom is -0.356 e. The summed E-state index contributed by atoms with van der Waals surface area (Å²) in [5.41, 5.74) is 0.298. The number of hydrogen-bond acceptors (Lipinski definition) is 5. The summed E-state index contributed by atoms with van der Waals surface area (Å²) >= 11 is 0. The second-order valence-corrected chi connectivity index (χ2v) is 5.15. The van der Waals surface area contributed by atoms with Crippen LogP contribution in [0.3, 0.4) is 0 Å². The number of aryl methyl sites for hydroxylation is 1. The monoisotopic (exact) mass is 327 g/mol. The van der Waals surface area contributed by atoms with E-state index in [0.717, 1.165) is 6.20 Å². The SMILES string of the molecule is Cn1ccnc1[C@H](Nc1ccc([N+](=O)[O-])cn1)c1ccccc1F. The van der Waals surface area contributed by atoms with Crippen molar-refractivity contribution in [3.63, 3.8) is 0 Å². The molecule has 0 fully saturated rings. The van der Waals surface area contributed by atoms with Crippen LogP contribution in [0.5, 0.6) is 0 Å². The molecule has 2 aromatic heterocycles. The molecule has 7 nitrogen and oxygen atoms in total. The molecular formula is C16H14FN5O2. The van der Waals surface area contributed by atoms with Crippen LogP contribution < -0.4 is 5.32 Å². The number of nitrogens with zero attached hydrogens (tertiary/aromatic N) is 4. The van der Waals surface area contributed by atoms with Gasteiger partial charge in [0.2, 0.25) is 0 Å². The van der Waals surface area contributed by atoms with Crippen LogP contribution in [0.2, 0.25) is 0 Å². The molecule has 0 radical (unpaired) electrons. The summed E-state index contributed by atoms with van der Waals surface area (Å²) in [5.74, 6) is 0.608. The zero-order valence-electron chi connectivity index (χ0n) is 12.8. The first-order chi connectivity index (χ1) is 11.6. The average molecular weight is 327 g/mol. The number of anilines is 1. The van der Waals surface area contributed by atoms with Crippen LogP contribution in [0, 0.1) is 15.9 Å². The maximum Gasteiger partial charge on any atom is 0.287 e. The van der Waals surface area contributed by atoms with Gasteiger partial charge in [0.05, 0.1) is 4.92 Å². The number of halogens is 1. The first-order valence-electron chi connectivity index (χ1n) is 7.15. The van der Waals surface area contributed by atoms with Crippen molar-refractivity contribution in [3.05, 3.63) is 82.3 Å². The molecule has 0 aliphatic heterocycles. The highest BCUT2D eigenvalue weighted by Gasteiger charge is 2.22. The lowest BCUT2D eigenvalue weighted by atomic mass is 10.1. The average Bonchev–Trinajstić information content (AvgIpc) is 3.00. The number of nitrogens with one attached hydrogen (secondary N) is 1. The predicted octanol–water partition coefficient (Wildman–Crippen LogP) is 3.06. The van der Waals surface area contributed by atoms with Crippen molar-refractivity contribution in [1.29, 1.82) is 0 Å². The highest BCUT2D eigenvalue weighted by atomic mass is 19.1. The van der Waals surface area contributed by atoms with Crippen molar-refractivity contribution >= 4 is 11.5 Å². The summed E-state index contributed by atoms with van der Waals surface area (Å²) in [5, 5.41) is 13.8. The highest BCUT2D eigenvalue weighted by molar-refractivity contribution is 5.45.